The summed E-state index contributed by atoms with van der Waals surface area (Å²) in [5.41, 5.74) is -1.48. The number of hydrogen-bond acceptors (Lipinski definition) is 11. The molecule has 1 fully saturated rings. The van der Waals surface area contributed by atoms with Gasteiger partial charge in [-0.2, -0.15) is 0 Å². The van der Waals surface area contributed by atoms with E-state index in [2.05, 4.69) is 0 Å². The number of benzene rings is 2. The van der Waals surface area contributed by atoms with Crippen LogP contribution < -0.4 is 14.9 Å². The van der Waals surface area contributed by atoms with E-state index in [1.807, 2.05) is 0 Å². The first-order chi connectivity index (χ1) is 17.8. The first-order valence-corrected chi connectivity index (χ1v) is 12.1. The molecule has 1 aromatic heterocycles. The lowest BCUT2D eigenvalue weighted by atomic mass is 9.96. The molecule has 0 aliphatic carbocycles. The van der Waals surface area contributed by atoms with Gasteiger partial charge in [0.25, 0.3) is 0 Å². The van der Waals surface area contributed by atoms with Crippen molar-refractivity contribution < 1.29 is 49.3 Å². The van der Waals surface area contributed by atoms with Crippen LogP contribution in [-0.4, -0.2) is 74.1 Å². The Balaban J connectivity index is 1.94. The molecule has 0 amide bonds. The van der Waals surface area contributed by atoms with Crippen LogP contribution in [0.2, 0.25) is 0 Å². The normalized spacial score (nSPS) is 23.9. The molecule has 38 heavy (non-hydrogen) atoms. The highest BCUT2D eigenvalue weighted by Gasteiger charge is 2.44. The molecule has 11 nitrogen and oxygen atoms in total. The van der Waals surface area contributed by atoms with Crippen molar-refractivity contribution in [3.05, 3.63) is 46.1 Å². The fourth-order valence-electron chi connectivity index (χ4n) is 4.31. The molecule has 6 N–H and O–H groups in total. The Hall–Kier alpha value is -3.35. The van der Waals surface area contributed by atoms with Crippen molar-refractivity contribution in [1.82, 2.24) is 0 Å². The van der Waals surface area contributed by atoms with Crippen LogP contribution >= 0.6 is 0 Å². The van der Waals surface area contributed by atoms with Gasteiger partial charge in [0.15, 0.2) is 5.76 Å². The van der Waals surface area contributed by atoms with Crippen LogP contribution in [0.15, 0.2) is 39.5 Å². The molecular weight excluding hydrogens is 500 g/mol. The van der Waals surface area contributed by atoms with Gasteiger partial charge in [0.05, 0.1) is 18.8 Å². The quantitative estimate of drug-likeness (QED) is 0.261. The van der Waals surface area contributed by atoms with E-state index in [0.717, 1.165) is 6.07 Å². The van der Waals surface area contributed by atoms with Gasteiger partial charge >= 0.3 is 0 Å². The second kappa shape index (κ2) is 10.4. The summed E-state index contributed by atoms with van der Waals surface area (Å²) in [7, 11) is 1.49. The fraction of sp³-hybridized carbons (Fsp3) is 0.444. The molecule has 0 radical (unpaired) electrons. The maximum absolute atomic E-state index is 13.8. The van der Waals surface area contributed by atoms with Crippen molar-refractivity contribution in [2.45, 2.75) is 69.9 Å². The number of aryl methyl sites for hydroxylation is 1. The van der Waals surface area contributed by atoms with Crippen molar-refractivity contribution >= 4 is 11.0 Å². The number of phenols is 2. The molecule has 5 atom stereocenters. The van der Waals surface area contributed by atoms with Gasteiger partial charge in [-0.15, -0.1) is 0 Å². The van der Waals surface area contributed by atoms with Gasteiger partial charge in [0.1, 0.15) is 46.5 Å². The average molecular weight is 533 g/mol. The molecule has 11 heteroatoms. The van der Waals surface area contributed by atoms with Crippen LogP contribution in [0.25, 0.3) is 22.3 Å². The second-order valence-corrected chi connectivity index (χ2v) is 10.0. The maximum atomic E-state index is 13.8. The monoisotopic (exact) mass is 532 g/mol. The molecule has 1 aliphatic rings. The van der Waals surface area contributed by atoms with Crippen LogP contribution in [0.4, 0.5) is 0 Å². The van der Waals surface area contributed by atoms with Crippen LogP contribution in [-0.2, 0) is 11.2 Å². The third-order valence-electron chi connectivity index (χ3n) is 6.56. The average Bonchev–Trinajstić information content (AvgIpc) is 2.86. The fourth-order valence-corrected chi connectivity index (χ4v) is 4.31. The number of aliphatic hydroxyl groups is 4. The standard InChI is InChI=1S/C27H32O11/c1-12-19(30)21(32)22(33)26(36-12)38-25-20(31)18-17(29)11-16(28)15(9-10-27(2,3)34)24(18)37-23(25)13-5-7-14(35-4)8-6-13/h5-8,11-12,19,21-22,26,28-30,32-34H,9-10H2,1-4H3. The first kappa shape index (κ1) is 27.7. The molecule has 4 rings (SSSR count). The minimum Gasteiger partial charge on any atom is -0.507 e. The molecule has 3 aromatic rings. The number of rotatable bonds is 7. The molecule has 1 aliphatic heterocycles. The third kappa shape index (κ3) is 5.29. The zero-order chi connectivity index (χ0) is 27.9. The van der Waals surface area contributed by atoms with E-state index in [0.29, 0.717) is 11.3 Å². The number of hydrogen-bond donors (Lipinski definition) is 6. The minimum absolute atomic E-state index is 0.108. The van der Waals surface area contributed by atoms with E-state index < -0.39 is 53.2 Å². The summed E-state index contributed by atoms with van der Waals surface area (Å²) in [6.45, 7) is 4.66. The van der Waals surface area contributed by atoms with Crippen LogP contribution in [0, 0.1) is 0 Å². The van der Waals surface area contributed by atoms with E-state index in [4.69, 9.17) is 18.6 Å². The van der Waals surface area contributed by atoms with E-state index in [9.17, 15) is 35.4 Å². The first-order valence-electron chi connectivity index (χ1n) is 12.1. The molecule has 2 heterocycles. The highest BCUT2D eigenvalue weighted by Crippen LogP contribution is 2.40. The van der Waals surface area contributed by atoms with Crippen LogP contribution in [0.3, 0.4) is 0 Å². The number of phenolic OH excluding ortho intramolecular Hbond substituents is 2. The van der Waals surface area contributed by atoms with Gasteiger partial charge in [-0.25, -0.2) is 0 Å². The van der Waals surface area contributed by atoms with Gasteiger partial charge in [0, 0.05) is 17.2 Å². The summed E-state index contributed by atoms with van der Waals surface area (Å²) in [6.07, 6.45) is -6.88. The van der Waals surface area contributed by atoms with Gasteiger partial charge < -0.3 is 49.3 Å². The van der Waals surface area contributed by atoms with Crippen molar-refractivity contribution in [3.63, 3.8) is 0 Å². The lowest BCUT2D eigenvalue weighted by Crippen LogP contribution is -2.58. The minimum atomic E-state index is -1.71. The summed E-state index contributed by atoms with van der Waals surface area (Å²) in [5.74, 6) is -0.912. The molecule has 0 spiro atoms. The summed E-state index contributed by atoms with van der Waals surface area (Å²) in [6, 6.07) is 7.42. The van der Waals surface area contributed by atoms with Gasteiger partial charge in [-0.1, -0.05) is 0 Å². The number of methoxy groups -OCH3 is 1. The largest absolute Gasteiger partial charge is 0.507 e. The van der Waals surface area contributed by atoms with E-state index in [1.165, 1.54) is 14.0 Å². The van der Waals surface area contributed by atoms with Gasteiger partial charge in [-0.3, -0.25) is 4.79 Å². The number of aromatic hydroxyl groups is 2. The highest BCUT2D eigenvalue weighted by atomic mass is 16.7. The Morgan fingerprint density at radius 1 is 1.00 bits per heavy atom. The Bertz CT molecular complexity index is 1360. The summed E-state index contributed by atoms with van der Waals surface area (Å²) in [5, 5.41) is 61.9. The summed E-state index contributed by atoms with van der Waals surface area (Å²) in [4.78, 5) is 13.8. The Labute approximate surface area is 218 Å². The zero-order valence-corrected chi connectivity index (χ0v) is 21.4. The van der Waals surface area contributed by atoms with Crippen molar-refractivity contribution in [2.24, 2.45) is 0 Å². The predicted octanol–water partition coefficient (Wildman–Crippen LogP) is 1.79. The number of fused-ring (bicyclic) bond motifs is 1. The van der Waals surface area contributed by atoms with Crippen molar-refractivity contribution in [2.75, 3.05) is 7.11 Å². The maximum Gasteiger partial charge on any atom is 0.239 e. The molecular formula is C27H32O11. The lowest BCUT2D eigenvalue weighted by molar-refractivity contribution is -0.268. The smallest absolute Gasteiger partial charge is 0.239 e. The van der Waals surface area contributed by atoms with Gasteiger partial charge in [0.2, 0.25) is 17.5 Å². The Morgan fingerprint density at radius 2 is 1.66 bits per heavy atom. The van der Waals surface area contributed by atoms with Crippen LogP contribution in [0.5, 0.6) is 23.0 Å². The topological polar surface area (TPSA) is 179 Å². The molecule has 1 saturated heterocycles. The van der Waals surface area contributed by atoms with Crippen molar-refractivity contribution in [3.8, 4) is 34.3 Å². The SMILES string of the molecule is COc1ccc(-c2oc3c(CCC(C)(C)O)c(O)cc(O)c3c(=O)c2OC2OC(C)C(O)C(O)C2O)cc1. The second-order valence-electron chi connectivity index (χ2n) is 10.0. The van der Waals surface area contributed by atoms with Crippen molar-refractivity contribution in [1.29, 1.82) is 0 Å². The number of ether oxygens (including phenoxy) is 3. The summed E-state index contributed by atoms with van der Waals surface area (Å²) >= 11 is 0. The predicted molar refractivity (Wildman–Crippen MR) is 135 cm³/mol. The lowest BCUT2D eigenvalue weighted by Gasteiger charge is -2.38. The Morgan fingerprint density at radius 3 is 2.26 bits per heavy atom. The summed E-state index contributed by atoms with van der Waals surface area (Å²) < 4.78 is 22.6. The van der Waals surface area contributed by atoms with Gasteiger partial charge in [-0.05, 0) is 57.9 Å². The molecule has 5 unspecified atom stereocenters. The van der Waals surface area contributed by atoms with E-state index in [1.54, 1.807) is 38.1 Å². The zero-order valence-electron chi connectivity index (χ0n) is 21.4. The van der Waals surface area contributed by atoms with Crippen LogP contribution in [0.1, 0.15) is 32.8 Å². The number of aliphatic hydroxyl groups excluding tert-OH is 3. The van der Waals surface area contributed by atoms with E-state index >= 15 is 0 Å². The molecule has 2 aromatic carbocycles. The molecule has 0 saturated carbocycles. The highest BCUT2D eigenvalue weighted by molar-refractivity contribution is 5.91. The third-order valence-corrected chi connectivity index (χ3v) is 6.56. The van der Waals surface area contributed by atoms with E-state index in [-0.39, 0.29) is 40.9 Å². The molecule has 0 bridgehead atoms. The Kier molecular flexibility index (Phi) is 7.60. The molecule has 206 valence electrons.